The van der Waals surface area contributed by atoms with Crippen LogP contribution in [0.3, 0.4) is 0 Å². The van der Waals surface area contributed by atoms with E-state index in [2.05, 4.69) is 5.32 Å². The van der Waals surface area contributed by atoms with E-state index in [1.807, 2.05) is 11.9 Å². The van der Waals surface area contributed by atoms with E-state index >= 15 is 0 Å². The Kier molecular flexibility index (Phi) is 4.42. The van der Waals surface area contributed by atoms with E-state index < -0.39 is 9.17 Å². The number of nitrogens with one attached hydrogen (secondary N) is 1. The molecule has 13 heavy (non-hydrogen) atoms. The second kappa shape index (κ2) is 4.73. The van der Waals surface area contributed by atoms with Crippen LogP contribution in [0.2, 0.25) is 0 Å². The van der Waals surface area contributed by atoms with Gasteiger partial charge in [0.15, 0.2) is 4.33 Å². The molecule has 0 aliphatic carbocycles. The van der Waals surface area contributed by atoms with Gasteiger partial charge in [-0.05, 0) is 20.0 Å². The minimum atomic E-state index is -1.17. The molecule has 1 aliphatic rings. The molecule has 0 amide bonds. The molecule has 1 N–H and O–H groups in total. The first kappa shape index (κ1) is 12.2. The third-order valence-corrected chi connectivity index (χ3v) is 4.11. The van der Waals surface area contributed by atoms with Crippen molar-refractivity contribution in [2.75, 3.05) is 20.1 Å². The Morgan fingerprint density at radius 1 is 1.46 bits per heavy atom. The van der Waals surface area contributed by atoms with Crippen LogP contribution < -0.4 is 5.32 Å². The highest BCUT2D eigenvalue weighted by molar-refractivity contribution is 6.60. The molecule has 1 rings (SSSR count). The lowest BCUT2D eigenvalue weighted by atomic mass is 10.2. The molecule has 1 aliphatic heterocycles. The van der Waals surface area contributed by atoms with Gasteiger partial charge in [-0.3, -0.25) is 10.2 Å². The molecule has 1 saturated heterocycles. The molecule has 2 nitrogen and oxygen atoms in total. The minimum absolute atomic E-state index is 0.190. The van der Waals surface area contributed by atoms with Crippen molar-refractivity contribution in [3.8, 4) is 0 Å². The molecule has 0 spiro atoms. The predicted molar refractivity (Wildman–Crippen MR) is 59.0 cm³/mol. The quantitative estimate of drug-likeness (QED) is 0.771. The normalized spacial score (nSPS) is 26.8. The second-order valence-electron chi connectivity index (χ2n) is 3.17. The minimum Gasteiger partial charge on any atom is -0.299 e. The monoisotopic (exact) mass is 264 g/mol. The van der Waals surface area contributed by atoms with Crippen molar-refractivity contribution in [1.82, 2.24) is 10.2 Å². The number of hydrogen-bond donors (Lipinski definition) is 1. The van der Waals surface area contributed by atoms with Crippen molar-refractivity contribution in [2.45, 2.75) is 21.8 Å². The van der Waals surface area contributed by atoms with Gasteiger partial charge in [0, 0.05) is 6.54 Å². The first-order chi connectivity index (χ1) is 5.96. The highest BCUT2D eigenvalue weighted by atomic mass is 35.5. The Morgan fingerprint density at radius 2 is 2.08 bits per heavy atom. The summed E-state index contributed by atoms with van der Waals surface area (Å²) < 4.78 is -1.17. The van der Waals surface area contributed by atoms with Gasteiger partial charge in [-0.25, -0.2) is 0 Å². The maximum absolute atomic E-state index is 6.04. The lowest BCUT2D eigenvalue weighted by Gasteiger charge is -2.41. The third-order valence-electron chi connectivity index (χ3n) is 2.12. The van der Waals surface area contributed by atoms with Crippen LogP contribution in [0.1, 0.15) is 6.42 Å². The van der Waals surface area contributed by atoms with E-state index in [9.17, 15) is 0 Å². The van der Waals surface area contributed by atoms with Crippen molar-refractivity contribution < 1.29 is 0 Å². The summed E-state index contributed by atoms with van der Waals surface area (Å²) in [5.41, 5.74) is 0. The molecule has 1 atom stereocenters. The topological polar surface area (TPSA) is 15.3 Å². The average molecular weight is 266 g/mol. The third kappa shape index (κ3) is 2.77. The largest absolute Gasteiger partial charge is 0.299 e. The summed E-state index contributed by atoms with van der Waals surface area (Å²) >= 11 is 23.5. The maximum atomic E-state index is 6.04. The van der Waals surface area contributed by atoms with Crippen molar-refractivity contribution in [3.05, 3.63) is 0 Å². The molecule has 1 fully saturated rings. The van der Waals surface area contributed by atoms with Crippen LogP contribution in [0.4, 0.5) is 0 Å². The fourth-order valence-corrected chi connectivity index (χ4v) is 2.13. The van der Waals surface area contributed by atoms with Gasteiger partial charge >= 0.3 is 0 Å². The van der Waals surface area contributed by atoms with Crippen LogP contribution in [0.25, 0.3) is 0 Å². The summed E-state index contributed by atoms with van der Waals surface area (Å²) in [6, 6.07) is 0. The van der Waals surface area contributed by atoms with Gasteiger partial charge in [0.2, 0.25) is 0 Å². The summed E-state index contributed by atoms with van der Waals surface area (Å²) in [4.78, 5) is 1.20. The van der Waals surface area contributed by atoms with Gasteiger partial charge in [-0.1, -0.05) is 23.2 Å². The number of nitrogens with zero attached hydrogens (tertiary/aromatic N) is 1. The molecule has 0 bridgehead atoms. The van der Waals surface area contributed by atoms with Crippen LogP contribution in [0.5, 0.6) is 0 Å². The SMILES string of the molecule is CN1CCCNC1C(Cl)(Cl)C(Cl)Cl. The highest BCUT2D eigenvalue weighted by Gasteiger charge is 2.43. The first-order valence-electron chi connectivity index (χ1n) is 4.06. The number of rotatable bonds is 2. The molecule has 6 heteroatoms. The van der Waals surface area contributed by atoms with Gasteiger partial charge in [0.05, 0.1) is 6.17 Å². The predicted octanol–water partition coefficient (Wildman–Crippen LogP) is 2.22. The van der Waals surface area contributed by atoms with Gasteiger partial charge in [-0.2, -0.15) is 0 Å². The van der Waals surface area contributed by atoms with E-state index in [1.165, 1.54) is 0 Å². The van der Waals surface area contributed by atoms with E-state index in [1.54, 1.807) is 0 Å². The average Bonchev–Trinajstić information content (AvgIpc) is 2.04. The van der Waals surface area contributed by atoms with Crippen molar-refractivity contribution in [1.29, 1.82) is 0 Å². The molecule has 0 aromatic heterocycles. The van der Waals surface area contributed by atoms with Crippen molar-refractivity contribution in [3.63, 3.8) is 0 Å². The highest BCUT2D eigenvalue weighted by Crippen LogP contribution is 2.37. The lowest BCUT2D eigenvalue weighted by molar-refractivity contribution is 0.152. The van der Waals surface area contributed by atoms with Crippen LogP contribution in [-0.4, -0.2) is 40.4 Å². The Hall–Kier alpha value is 1.08. The van der Waals surface area contributed by atoms with Crippen LogP contribution in [0, 0.1) is 0 Å². The van der Waals surface area contributed by atoms with Gasteiger partial charge in [0.1, 0.15) is 4.84 Å². The van der Waals surface area contributed by atoms with Crippen LogP contribution >= 0.6 is 46.4 Å². The molecule has 1 unspecified atom stereocenters. The summed E-state index contributed by atoms with van der Waals surface area (Å²) in [6.07, 6.45) is 0.885. The van der Waals surface area contributed by atoms with Crippen molar-refractivity contribution in [2.24, 2.45) is 0 Å². The zero-order chi connectivity index (χ0) is 10.1. The Bertz CT molecular complexity index is 174. The van der Waals surface area contributed by atoms with Crippen LogP contribution in [-0.2, 0) is 0 Å². The summed E-state index contributed by atoms with van der Waals surface area (Å²) in [5.74, 6) is 0. The molecule has 0 aromatic rings. The van der Waals surface area contributed by atoms with Gasteiger partial charge in [-0.15, -0.1) is 23.2 Å². The zero-order valence-electron chi connectivity index (χ0n) is 7.24. The Labute approximate surface area is 98.4 Å². The standard InChI is InChI=1S/C7H12Cl4N2/c1-13-4-2-3-12-6(13)7(10,11)5(8)9/h5-6,12H,2-4H2,1H3. The number of alkyl halides is 4. The summed E-state index contributed by atoms with van der Waals surface area (Å²) in [7, 11) is 1.94. The van der Waals surface area contributed by atoms with E-state index in [0.717, 1.165) is 19.5 Å². The summed E-state index contributed by atoms with van der Waals surface area (Å²) in [6.45, 7) is 1.83. The fraction of sp³-hybridized carbons (Fsp3) is 1.00. The molecule has 1 heterocycles. The maximum Gasteiger partial charge on any atom is 0.176 e. The number of halogens is 4. The van der Waals surface area contributed by atoms with Gasteiger partial charge < -0.3 is 0 Å². The Balaban J connectivity index is 2.67. The number of hydrogen-bond acceptors (Lipinski definition) is 2. The molecular formula is C7H12Cl4N2. The van der Waals surface area contributed by atoms with E-state index in [0.29, 0.717) is 0 Å². The zero-order valence-corrected chi connectivity index (χ0v) is 10.3. The Morgan fingerprint density at radius 3 is 2.54 bits per heavy atom. The molecular weight excluding hydrogens is 254 g/mol. The van der Waals surface area contributed by atoms with Crippen LogP contribution in [0.15, 0.2) is 0 Å². The molecule has 0 radical (unpaired) electrons. The molecule has 78 valence electrons. The van der Waals surface area contributed by atoms with Gasteiger partial charge in [0.25, 0.3) is 0 Å². The summed E-state index contributed by atoms with van der Waals surface area (Å²) in [5, 5.41) is 3.18. The van der Waals surface area contributed by atoms with E-state index in [-0.39, 0.29) is 6.17 Å². The smallest absolute Gasteiger partial charge is 0.176 e. The molecule has 0 aromatic carbocycles. The lowest BCUT2D eigenvalue weighted by Crippen LogP contribution is -2.59. The first-order valence-corrected chi connectivity index (χ1v) is 5.68. The molecule has 0 saturated carbocycles. The fourth-order valence-electron chi connectivity index (χ4n) is 1.40. The van der Waals surface area contributed by atoms with Crippen molar-refractivity contribution >= 4 is 46.4 Å². The second-order valence-corrected chi connectivity index (χ2v) is 5.71. The van der Waals surface area contributed by atoms with E-state index in [4.69, 9.17) is 46.4 Å².